The molecule has 0 saturated heterocycles. The Kier molecular flexibility index (Phi) is 9.40. The molecule has 17 heteroatoms. The van der Waals surface area contributed by atoms with E-state index in [-0.39, 0.29) is 24.3 Å². The average Bonchev–Trinajstić information content (AvgIpc) is 2.91. The minimum absolute atomic E-state index is 0.160. The van der Waals surface area contributed by atoms with Crippen LogP contribution in [0.15, 0.2) is 30.3 Å². The summed E-state index contributed by atoms with van der Waals surface area (Å²) in [7, 11) is 0. The van der Waals surface area contributed by atoms with Crippen LogP contribution in [0.2, 0.25) is 0 Å². The molecule has 0 aliphatic heterocycles. The first-order chi connectivity index (χ1) is 20.6. The molecule has 0 bridgehead atoms. The maximum atomic E-state index is 15.4. The summed E-state index contributed by atoms with van der Waals surface area (Å²) in [6, 6.07) is 4.58. The van der Waals surface area contributed by atoms with Gasteiger partial charge in [0.05, 0.1) is 25.0 Å². The molecule has 0 amide bonds. The first kappa shape index (κ1) is 34.2. The van der Waals surface area contributed by atoms with Crippen molar-refractivity contribution in [1.82, 2.24) is 9.97 Å². The average molecular weight is 648 g/mol. The van der Waals surface area contributed by atoms with Crippen LogP contribution in [0.4, 0.5) is 57.1 Å². The molecule has 3 rings (SSSR count). The summed E-state index contributed by atoms with van der Waals surface area (Å²) in [6.07, 6.45) is -22.9. The first-order valence-corrected chi connectivity index (χ1v) is 11.6. The lowest BCUT2D eigenvalue weighted by molar-refractivity contribution is -0.151. The minimum Gasteiger partial charge on any atom is -0.239 e. The summed E-state index contributed by atoms with van der Waals surface area (Å²) >= 11 is 0. The molecular weight excluding hydrogens is 639 g/mol. The molecule has 0 saturated carbocycles. The van der Waals surface area contributed by atoms with E-state index in [9.17, 15) is 52.7 Å². The van der Waals surface area contributed by atoms with Gasteiger partial charge in [-0.2, -0.15) is 63.2 Å². The van der Waals surface area contributed by atoms with E-state index in [1.54, 1.807) is 12.1 Å². The second-order valence-electron chi connectivity index (χ2n) is 8.66. The van der Waals surface area contributed by atoms with E-state index < -0.39 is 99.5 Å². The Morgan fingerprint density at radius 1 is 0.489 bits per heavy atom. The van der Waals surface area contributed by atoms with E-state index in [0.29, 0.717) is 0 Å². The van der Waals surface area contributed by atoms with E-state index in [1.165, 1.54) is 0 Å². The fraction of sp³-hybridized carbons (Fsp3) is 0.214. The predicted octanol–water partition coefficient (Wildman–Crippen LogP) is 7.62. The van der Waals surface area contributed by atoms with Gasteiger partial charge in [-0.15, -0.1) is 0 Å². The monoisotopic (exact) mass is 648 g/mol. The molecule has 0 fully saturated rings. The number of benzene rings is 1. The number of rotatable bonds is 2. The Morgan fingerprint density at radius 3 is 1.02 bits per heavy atom. The van der Waals surface area contributed by atoms with Crippen LogP contribution >= 0.6 is 0 Å². The number of hydrogen-bond donors (Lipinski definition) is 0. The van der Waals surface area contributed by atoms with E-state index in [4.69, 9.17) is 10.5 Å². The summed E-state index contributed by atoms with van der Waals surface area (Å²) < 4.78 is 173. The zero-order chi connectivity index (χ0) is 34.0. The highest BCUT2D eigenvalue weighted by molar-refractivity contribution is 5.58. The zero-order valence-corrected chi connectivity index (χ0v) is 21.5. The Bertz CT molecular complexity index is 1650. The molecule has 232 valence electrons. The first-order valence-electron chi connectivity index (χ1n) is 11.6. The number of alkyl halides is 12. The van der Waals surface area contributed by atoms with Crippen molar-refractivity contribution in [1.29, 1.82) is 10.5 Å². The van der Waals surface area contributed by atoms with Gasteiger partial charge < -0.3 is 0 Å². The number of nitrogens with zero attached hydrogens (tertiary/aromatic N) is 4. The highest BCUT2D eigenvalue weighted by Crippen LogP contribution is 2.35. The third kappa shape index (κ3) is 8.42. The van der Waals surface area contributed by atoms with Crippen LogP contribution in [0.25, 0.3) is 0 Å². The molecule has 45 heavy (non-hydrogen) atoms. The van der Waals surface area contributed by atoms with Crippen molar-refractivity contribution in [3.8, 4) is 35.8 Å². The van der Waals surface area contributed by atoms with Gasteiger partial charge in [-0.1, -0.05) is 23.7 Å². The maximum Gasteiger partial charge on any atom is 0.433 e. The van der Waals surface area contributed by atoms with Crippen molar-refractivity contribution in [2.75, 3.05) is 0 Å². The van der Waals surface area contributed by atoms with Gasteiger partial charge in [0.15, 0.2) is 0 Å². The molecule has 0 N–H and O–H groups in total. The highest BCUT2D eigenvalue weighted by Gasteiger charge is 2.40. The topological polar surface area (TPSA) is 73.4 Å². The van der Waals surface area contributed by atoms with Gasteiger partial charge in [0, 0.05) is 33.4 Å². The van der Waals surface area contributed by atoms with Crippen molar-refractivity contribution >= 4 is 0 Å². The van der Waals surface area contributed by atoms with Crippen molar-refractivity contribution in [2.24, 2.45) is 0 Å². The van der Waals surface area contributed by atoms with Gasteiger partial charge in [0.2, 0.25) is 0 Å². The van der Waals surface area contributed by atoms with Crippen molar-refractivity contribution in [2.45, 2.75) is 37.5 Å². The Balaban J connectivity index is 2.29. The summed E-state index contributed by atoms with van der Waals surface area (Å²) in [5, 5.41) is 18.3. The third-order valence-electron chi connectivity index (χ3n) is 5.48. The van der Waals surface area contributed by atoms with E-state index in [2.05, 4.69) is 21.8 Å². The second kappa shape index (κ2) is 12.4. The Labute approximate surface area is 243 Å². The molecule has 0 aliphatic rings. The molecular formula is C28H9F13N4. The number of halogens is 13. The zero-order valence-electron chi connectivity index (χ0n) is 21.5. The van der Waals surface area contributed by atoms with Crippen molar-refractivity contribution in [3.05, 3.63) is 92.3 Å². The SMILES string of the molecule is N#CCc1c(C#Cc2cc(C(F)(F)F)nc(C(F)(F)F)c2)cc(C#Cc2cc(C(F)(F)F)nc(C(F)(F)F)c2)c(CC#N)c1F. The lowest BCUT2D eigenvalue weighted by Gasteiger charge is -2.12. The summed E-state index contributed by atoms with van der Waals surface area (Å²) in [5.74, 6) is 6.86. The molecule has 0 unspecified atom stereocenters. The smallest absolute Gasteiger partial charge is 0.239 e. The molecule has 4 nitrogen and oxygen atoms in total. The van der Waals surface area contributed by atoms with Gasteiger partial charge in [-0.05, 0) is 30.3 Å². The van der Waals surface area contributed by atoms with Gasteiger partial charge in [0.25, 0.3) is 0 Å². The molecule has 0 radical (unpaired) electrons. The number of hydrogen-bond acceptors (Lipinski definition) is 4. The van der Waals surface area contributed by atoms with Crippen LogP contribution in [0.5, 0.6) is 0 Å². The van der Waals surface area contributed by atoms with Gasteiger partial charge >= 0.3 is 24.7 Å². The van der Waals surface area contributed by atoms with E-state index in [1.807, 2.05) is 11.8 Å². The molecule has 2 heterocycles. The Morgan fingerprint density at radius 2 is 0.778 bits per heavy atom. The lowest BCUT2D eigenvalue weighted by atomic mass is 9.94. The van der Waals surface area contributed by atoms with Crippen molar-refractivity contribution in [3.63, 3.8) is 0 Å². The van der Waals surface area contributed by atoms with Gasteiger partial charge in [0.1, 0.15) is 28.6 Å². The van der Waals surface area contributed by atoms with E-state index in [0.717, 1.165) is 6.07 Å². The molecule has 0 atom stereocenters. The highest BCUT2D eigenvalue weighted by atomic mass is 19.4. The second-order valence-corrected chi connectivity index (χ2v) is 8.66. The number of pyridine rings is 2. The van der Waals surface area contributed by atoms with Crippen LogP contribution < -0.4 is 0 Å². The molecule has 3 aromatic rings. The lowest BCUT2D eigenvalue weighted by Crippen LogP contribution is -2.15. The van der Waals surface area contributed by atoms with Gasteiger partial charge in [-0.3, -0.25) is 0 Å². The van der Waals surface area contributed by atoms with Crippen LogP contribution in [-0.4, -0.2) is 9.97 Å². The molecule has 2 aromatic heterocycles. The number of aromatic nitrogens is 2. The number of nitriles is 2. The molecule has 0 spiro atoms. The standard InChI is InChI=1S/C28H9F13N4/c29-24-18(5-7-42)16(3-1-14-9-20(25(30,31)32)44-21(10-14)26(33,34)35)13-17(19(24)6-8-43)4-2-15-11-22(27(36,37)38)45-23(12-15)28(39,40)41/h9-13H,5-6H2. The maximum absolute atomic E-state index is 15.4. The third-order valence-corrected chi connectivity index (χ3v) is 5.48. The quantitative estimate of drug-likeness (QED) is 0.212. The normalized spacial score (nSPS) is 11.9. The van der Waals surface area contributed by atoms with E-state index >= 15 is 4.39 Å². The largest absolute Gasteiger partial charge is 0.433 e. The fourth-order valence-corrected chi connectivity index (χ4v) is 3.53. The fourth-order valence-electron chi connectivity index (χ4n) is 3.53. The van der Waals surface area contributed by atoms with Crippen molar-refractivity contribution < 1.29 is 57.1 Å². The van der Waals surface area contributed by atoms with Gasteiger partial charge in [-0.25, -0.2) is 14.4 Å². The van der Waals surface area contributed by atoms with Crippen LogP contribution in [0, 0.1) is 52.2 Å². The molecule has 0 aliphatic carbocycles. The van der Waals surface area contributed by atoms with Crippen LogP contribution in [-0.2, 0) is 37.5 Å². The summed E-state index contributed by atoms with van der Waals surface area (Å²) in [6.45, 7) is 0. The van der Waals surface area contributed by atoms with Crippen LogP contribution in [0.3, 0.4) is 0 Å². The Hall–Kier alpha value is -5.29. The summed E-state index contributed by atoms with van der Waals surface area (Å²) in [4.78, 5) is 5.04. The minimum atomic E-state index is -5.33. The van der Waals surface area contributed by atoms with Crippen LogP contribution in [0.1, 0.15) is 56.2 Å². The predicted molar refractivity (Wildman–Crippen MR) is 125 cm³/mol. The molecule has 1 aromatic carbocycles. The summed E-state index contributed by atoms with van der Waals surface area (Å²) in [5.41, 5.74) is -11.8.